The van der Waals surface area contributed by atoms with Crippen molar-refractivity contribution < 1.29 is 24.2 Å². The Bertz CT molecular complexity index is 841. The van der Waals surface area contributed by atoms with E-state index in [9.17, 15) is 14.0 Å². The standard InChI is InChI=1S/C16H18FN3.C4H4O4/c1-2-10-19(16-7-9-18-12-14(16)17)20-11-8-13-5-3-4-6-15(13)20;5-3(6)1-2-4(7)8/h3-7,9,12H,2,8,10-11H2,1H3;1-2H,(H,5,6)(H,7,8)/b;2-1-. The number of hydrazine groups is 1. The van der Waals surface area contributed by atoms with Crippen LogP contribution < -0.4 is 10.0 Å². The first kappa shape index (κ1) is 20.9. The van der Waals surface area contributed by atoms with Crippen LogP contribution in [0.5, 0.6) is 0 Å². The van der Waals surface area contributed by atoms with Crippen LogP contribution in [-0.2, 0) is 16.0 Å². The van der Waals surface area contributed by atoms with Gasteiger partial charge in [-0.2, -0.15) is 0 Å². The molecule has 1 aromatic heterocycles. The second-order valence-electron chi connectivity index (χ2n) is 5.96. The summed E-state index contributed by atoms with van der Waals surface area (Å²) in [5.74, 6) is -2.79. The molecule has 1 aromatic carbocycles. The quantitative estimate of drug-likeness (QED) is 0.736. The smallest absolute Gasteiger partial charge is 0.328 e. The van der Waals surface area contributed by atoms with Gasteiger partial charge in [-0.05, 0) is 30.5 Å². The molecule has 2 N–H and O–H groups in total. The minimum absolute atomic E-state index is 0.273. The maximum absolute atomic E-state index is 14.1. The van der Waals surface area contributed by atoms with Crippen molar-refractivity contribution >= 4 is 23.3 Å². The van der Waals surface area contributed by atoms with E-state index in [0.717, 1.165) is 25.9 Å². The summed E-state index contributed by atoms with van der Waals surface area (Å²) < 4.78 is 14.1. The molecule has 2 heterocycles. The predicted molar refractivity (Wildman–Crippen MR) is 104 cm³/mol. The molecule has 0 spiro atoms. The number of nitrogens with zero attached hydrogens (tertiary/aromatic N) is 3. The number of pyridine rings is 1. The first-order valence-corrected chi connectivity index (χ1v) is 8.80. The molecule has 0 radical (unpaired) electrons. The molecule has 7 nitrogen and oxygen atoms in total. The van der Waals surface area contributed by atoms with Crippen LogP contribution in [0.15, 0.2) is 54.9 Å². The number of anilines is 2. The molecule has 0 amide bonds. The van der Waals surface area contributed by atoms with E-state index in [1.54, 1.807) is 12.3 Å². The van der Waals surface area contributed by atoms with Crippen molar-refractivity contribution in [2.45, 2.75) is 19.8 Å². The van der Waals surface area contributed by atoms with Gasteiger partial charge in [0.25, 0.3) is 0 Å². The van der Waals surface area contributed by atoms with Crippen LogP contribution in [-0.4, -0.2) is 40.2 Å². The molecule has 0 unspecified atom stereocenters. The number of benzene rings is 1. The lowest BCUT2D eigenvalue weighted by Gasteiger charge is -2.35. The molecule has 3 rings (SSSR count). The van der Waals surface area contributed by atoms with Crippen molar-refractivity contribution in [2.24, 2.45) is 0 Å². The zero-order valence-electron chi connectivity index (χ0n) is 15.5. The van der Waals surface area contributed by atoms with E-state index in [0.29, 0.717) is 17.8 Å². The monoisotopic (exact) mass is 387 g/mol. The topological polar surface area (TPSA) is 94.0 Å². The van der Waals surface area contributed by atoms with E-state index >= 15 is 0 Å². The van der Waals surface area contributed by atoms with Crippen LogP contribution in [0.25, 0.3) is 0 Å². The third-order valence-corrected chi connectivity index (χ3v) is 3.99. The van der Waals surface area contributed by atoms with E-state index in [-0.39, 0.29) is 5.82 Å². The lowest BCUT2D eigenvalue weighted by molar-refractivity contribution is -0.134. The largest absolute Gasteiger partial charge is 0.478 e. The Balaban J connectivity index is 0.000000300. The average Bonchev–Trinajstić information content (AvgIpc) is 3.10. The number of carboxylic acid groups (broad SMARTS) is 2. The highest BCUT2D eigenvalue weighted by Crippen LogP contribution is 2.32. The van der Waals surface area contributed by atoms with Gasteiger partial charge in [-0.1, -0.05) is 25.1 Å². The number of para-hydroxylation sites is 1. The molecule has 2 aromatic rings. The van der Waals surface area contributed by atoms with Gasteiger partial charge in [-0.3, -0.25) is 15.0 Å². The summed E-state index contributed by atoms with van der Waals surface area (Å²) in [5, 5.41) is 19.8. The summed E-state index contributed by atoms with van der Waals surface area (Å²) in [5.41, 5.74) is 3.10. The summed E-state index contributed by atoms with van der Waals surface area (Å²) in [7, 11) is 0. The van der Waals surface area contributed by atoms with Crippen LogP contribution in [0.2, 0.25) is 0 Å². The van der Waals surface area contributed by atoms with Gasteiger partial charge in [0, 0.05) is 31.4 Å². The van der Waals surface area contributed by atoms with Crippen molar-refractivity contribution in [3.63, 3.8) is 0 Å². The molecule has 28 heavy (non-hydrogen) atoms. The molecule has 1 aliphatic heterocycles. The molecule has 0 atom stereocenters. The van der Waals surface area contributed by atoms with Crippen LogP contribution in [0.4, 0.5) is 15.8 Å². The number of rotatable bonds is 6. The van der Waals surface area contributed by atoms with Gasteiger partial charge < -0.3 is 10.2 Å². The molecule has 148 valence electrons. The number of aliphatic carboxylic acids is 2. The molecule has 1 aliphatic rings. The highest BCUT2D eigenvalue weighted by molar-refractivity contribution is 5.89. The second kappa shape index (κ2) is 10.1. The highest BCUT2D eigenvalue weighted by Gasteiger charge is 2.25. The fraction of sp³-hybridized carbons (Fsp3) is 0.250. The zero-order chi connectivity index (χ0) is 20.5. The van der Waals surface area contributed by atoms with Crippen molar-refractivity contribution in [3.8, 4) is 0 Å². The van der Waals surface area contributed by atoms with Gasteiger partial charge in [0.05, 0.1) is 17.6 Å². The lowest BCUT2D eigenvalue weighted by atomic mass is 10.2. The number of hydrogen-bond donors (Lipinski definition) is 2. The summed E-state index contributed by atoms with van der Waals surface area (Å²) in [6.45, 7) is 3.78. The van der Waals surface area contributed by atoms with E-state index in [1.165, 1.54) is 17.4 Å². The third kappa shape index (κ3) is 5.54. The van der Waals surface area contributed by atoms with Gasteiger partial charge in [0.15, 0.2) is 5.82 Å². The van der Waals surface area contributed by atoms with Crippen molar-refractivity contribution in [1.82, 2.24) is 4.98 Å². The predicted octanol–water partition coefficient (Wildman–Crippen LogP) is 3.13. The highest BCUT2D eigenvalue weighted by atomic mass is 19.1. The number of fused-ring (bicyclic) bond motifs is 1. The molecule has 0 fully saturated rings. The first-order chi connectivity index (χ1) is 13.4. The maximum Gasteiger partial charge on any atom is 0.328 e. The first-order valence-electron chi connectivity index (χ1n) is 8.80. The van der Waals surface area contributed by atoms with Crippen LogP contribution >= 0.6 is 0 Å². The van der Waals surface area contributed by atoms with Gasteiger partial charge >= 0.3 is 11.9 Å². The fourth-order valence-electron chi connectivity index (χ4n) is 2.87. The molecule has 0 bridgehead atoms. The number of hydrogen-bond acceptors (Lipinski definition) is 5. The maximum atomic E-state index is 14.1. The van der Waals surface area contributed by atoms with Gasteiger partial charge in [-0.15, -0.1) is 0 Å². The third-order valence-electron chi connectivity index (χ3n) is 3.99. The number of carboxylic acids is 2. The van der Waals surface area contributed by atoms with Gasteiger partial charge in [-0.25, -0.2) is 14.0 Å². The zero-order valence-corrected chi connectivity index (χ0v) is 15.5. The molecular formula is C20H22FN3O4. The lowest BCUT2D eigenvalue weighted by Crippen LogP contribution is -2.43. The molecule has 0 aliphatic carbocycles. The summed E-state index contributed by atoms with van der Waals surface area (Å²) >= 11 is 0. The molecule has 0 saturated carbocycles. The average molecular weight is 387 g/mol. The molecule has 0 saturated heterocycles. The SMILES string of the molecule is CCCN(c1ccncc1F)N1CCc2ccccc21.O=C(O)/C=C\C(=O)O. The molecular weight excluding hydrogens is 365 g/mol. The van der Waals surface area contributed by atoms with E-state index in [1.807, 2.05) is 11.1 Å². The van der Waals surface area contributed by atoms with Crippen molar-refractivity contribution in [3.05, 3.63) is 66.3 Å². The van der Waals surface area contributed by atoms with Crippen LogP contribution in [0, 0.1) is 5.82 Å². The summed E-state index contributed by atoms with van der Waals surface area (Å²) in [6, 6.07) is 10.1. The Hall–Kier alpha value is -3.42. The van der Waals surface area contributed by atoms with E-state index in [4.69, 9.17) is 10.2 Å². The Morgan fingerprint density at radius 1 is 1.21 bits per heavy atom. The van der Waals surface area contributed by atoms with Crippen molar-refractivity contribution in [1.29, 1.82) is 0 Å². The normalized spacial score (nSPS) is 12.3. The summed E-state index contributed by atoms with van der Waals surface area (Å²) in [6.07, 6.45) is 6.00. The Kier molecular flexibility index (Phi) is 7.50. The minimum atomic E-state index is -1.26. The van der Waals surface area contributed by atoms with Crippen LogP contribution in [0.3, 0.4) is 0 Å². The van der Waals surface area contributed by atoms with Gasteiger partial charge in [0.1, 0.15) is 0 Å². The fourth-order valence-corrected chi connectivity index (χ4v) is 2.87. The number of halogens is 1. The summed E-state index contributed by atoms with van der Waals surface area (Å²) in [4.78, 5) is 22.9. The Morgan fingerprint density at radius 2 is 1.89 bits per heavy atom. The Morgan fingerprint density at radius 3 is 2.50 bits per heavy atom. The van der Waals surface area contributed by atoms with E-state index < -0.39 is 11.9 Å². The van der Waals surface area contributed by atoms with Gasteiger partial charge in [0.2, 0.25) is 0 Å². The number of aromatic nitrogens is 1. The number of carbonyl (C=O) groups is 2. The van der Waals surface area contributed by atoms with E-state index in [2.05, 4.69) is 35.1 Å². The minimum Gasteiger partial charge on any atom is -0.478 e. The second-order valence-corrected chi connectivity index (χ2v) is 5.96. The van der Waals surface area contributed by atoms with Crippen LogP contribution in [0.1, 0.15) is 18.9 Å². The molecule has 8 heteroatoms. The Labute approximate surface area is 162 Å². The van der Waals surface area contributed by atoms with Crippen molar-refractivity contribution in [2.75, 3.05) is 23.1 Å².